The van der Waals surface area contributed by atoms with E-state index in [2.05, 4.69) is 26.0 Å². The van der Waals surface area contributed by atoms with Crippen LogP contribution < -0.4 is 0 Å². The Balaban J connectivity index is 2.01. The Morgan fingerprint density at radius 1 is 1.35 bits per heavy atom. The minimum atomic E-state index is -0.735. The molecule has 0 aromatic carbocycles. The van der Waals surface area contributed by atoms with E-state index in [1.165, 1.54) is 7.11 Å². The van der Waals surface area contributed by atoms with E-state index < -0.39 is 4.33 Å². The average Bonchev–Trinajstić information content (AvgIpc) is 2.71. The molecule has 4 atom stereocenters. The van der Waals surface area contributed by atoms with Crippen LogP contribution in [0.1, 0.15) is 20.3 Å². The fourth-order valence-electron chi connectivity index (χ4n) is 4.49. The Morgan fingerprint density at radius 3 is 2.35 bits per heavy atom. The first kappa shape index (κ1) is 11.9. The quantitative estimate of drug-likeness (QED) is 0.417. The van der Waals surface area contributed by atoms with Gasteiger partial charge in [-0.1, -0.05) is 26.0 Å². The molecule has 94 valence electrons. The number of allylic oxidation sites excluding steroid dienone is 2. The minimum Gasteiger partial charge on any atom is -0.469 e. The summed E-state index contributed by atoms with van der Waals surface area (Å²) in [6, 6.07) is 0. The van der Waals surface area contributed by atoms with Crippen LogP contribution >= 0.6 is 23.2 Å². The number of alkyl halides is 2. The number of ether oxygens (including phenoxy) is 1. The maximum Gasteiger partial charge on any atom is 0.309 e. The van der Waals surface area contributed by atoms with Gasteiger partial charge >= 0.3 is 5.97 Å². The largest absolute Gasteiger partial charge is 0.469 e. The van der Waals surface area contributed by atoms with E-state index in [1.807, 2.05) is 0 Å². The van der Waals surface area contributed by atoms with Crippen LogP contribution in [0.2, 0.25) is 0 Å². The summed E-state index contributed by atoms with van der Waals surface area (Å²) >= 11 is 13.0. The van der Waals surface area contributed by atoms with E-state index in [-0.39, 0.29) is 28.6 Å². The first-order valence-electron chi connectivity index (χ1n) is 5.96. The highest BCUT2D eigenvalue weighted by atomic mass is 35.5. The molecule has 2 bridgehead atoms. The van der Waals surface area contributed by atoms with Gasteiger partial charge in [-0.05, 0) is 18.3 Å². The Bertz CT molecular complexity index is 411. The minimum absolute atomic E-state index is 0.0753. The third-order valence-corrected chi connectivity index (χ3v) is 6.95. The van der Waals surface area contributed by atoms with Crippen LogP contribution in [-0.4, -0.2) is 17.4 Å². The molecule has 2 saturated carbocycles. The van der Waals surface area contributed by atoms with Crippen LogP contribution in [0.3, 0.4) is 0 Å². The van der Waals surface area contributed by atoms with Crippen LogP contribution in [-0.2, 0) is 9.53 Å². The zero-order valence-corrected chi connectivity index (χ0v) is 11.7. The van der Waals surface area contributed by atoms with Gasteiger partial charge in [-0.2, -0.15) is 0 Å². The number of carbonyl (C=O) groups excluding carboxylic acids is 1. The predicted molar refractivity (Wildman–Crippen MR) is 66.9 cm³/mol. The molecule has 3 rings (SSSR count). The summed E-state index contributed by atoms with van der Waals surface area (Å²) < 4.78 is 4.15. The number of methoxy groups -OCH3 is 1. The summed E-state index contributed by atoms with van der Waals surface area (Å²) in [5.74, 6) is 0.230. The second-order valence-corrected chi connectivity index (χ2v) is 7.28. The third-order valence-electron chi connectivity index (χ3n) is 5.38. The van der Waals surface area contributed by atoms with Crippen molar-refractivity contribution in [1.82, 2.24) is 0 Å². The Kier molecular flexibility index (Phi) is 2.11. The fourth-order valence-corrected chi connectivity index (χ4v) is 5.71. The number of rotatable bonds is 1. The van der Waals surface area contributed by atoms with Gasteiger partial charge in [0.2, 0.25) is 0 Å². The second kappa shape index (κ2) is 3.03. The summed E-state index contributed by atoms with van der Waals surface area (Å²) in [7, 11) is 1.44. The zero-order chi connectivity index (χ0) is 12.6. The Morgan fingerprint density at radius 2 is 1.94 bits per heavy atom. The van der Waals surface area contributed by atoms with Crippen molar-refractivity contribution in [1.29, 1.82) is 0 Å². The van der Waals surface area contributed by atoms with Gasteiger partial charge in [0.05, 0.1) is 13.0 Å². The highest BCUT2D eigenvalue weighted by molar-refractivity contribution is 6.52. The van der Waals surface area contributed by atoms with Crippen molar-refractivity contribution in [2.75, 3.05) is 7.11 Å². The second-order valence-electron chi connectivity index (χ2n) is 5.95. The zero-order valence-electron chi connectivity index (χ0n) is 10.2. The molecular weight excluding hydrogens is 259 g/mol. The lowest BCUT2D eigenvalue weighted by molar-refractivity contribution is -0.146. The molecule has 0 aromatic heterocycles. The lowest BCUT2D eigenvalue weighted by Gasteiger charge is -2.21. The van der Waals surface area contributed by atoms with Crippen LogP contribution in [0, 0.1) is 28.6 Å². The van der Waals surface area contributed by atoms with Gasteiger partial charge < -0.3 is 4.74 Å². The van der Waals surface area contributed by atoms with Crippen molar-refractivity contribution in [3.8, 4) is 0 Å². The van der Waals surface area contributed by atoms with Gasteiger partial charge in [0.15, 0.2) is 0 Å². The normalized spacial score (nSPS) is 47.5. The Hall–Kier alpha value is -0.210. The van der Waals surface area contributed by atoms with Crippen LogP contribution in [0.4, 0.5) is 0 Å². The molecule has 0 N–H and O–H groups in total. The molecule has 0 heterocycles. The molecule has 4 heteroatoms. The first-order valence-corrected chi connectivity index (χ1v) is 6.72. The van der Waals surface area contributed by atoms with E-state index >= 15 is 0 Å². The topological polar surface area (TPSA) is 26.3 Å². The van der Waals surface area contributed by atoms with Crippen molar-refractivity contribution in [2.45, 2.75) is 24.6 Å². The van der Waals surface area contributed by atoms with E-state index in [0.29, 0.717) is 5.92 Å². The monoisotopic (exact) mass is 274 g/mol. The van der Waals surface area contributed by atoms with Gasteiger partial charge in [-0.25, -0.2) is 0 Å². The molecule has 3 aliphatic carbocycles. The number of carbonyl (C=O) groups is 1. The molecule has 2 fully saturated rings. The van der Waals surface area contributed by atoms with Gasteiger partial charge in [-0.3, -0.25) is 4.79 Å². The highest BCUT2D eigenvalue weighted by Gasteiger charge is 2.89. The highest BCUT2D eigenvalue weighted by Crippen LogP contribution is 2.88. The first-order chi connectivity index (χ1) is 7.82. The number of halogens is 2. The average molecular weight is 275 g/mol. The van der Waals surface area contributed by atoms with E-state index in [9.17, 15) is 4.79 Å². The van der Waals surface area contributed by atoms with E-state index in [0.717, 1.165) is 6.42 Å². The summed E-state index contributed by atoms with van der Waals surface area (Å²) in [5.41, 5.74) is -0.313. The standard InChI is InChI=1S/C13H16Cl2O2/c1-11(2)12(13(11,14)15)7-4-5-9(12)8(6-7)10(16)17-3/h4-5,7-9H,6H2,1-3H3/t7-,8+,9+,12+/m1/s1. The molecule has 2 nitrogen and oxygen atoms in total. The molecule has 0 radical (unpaired) electrons. The van der Waals surface area contributed by atoms with Crippen molar-refractivity contribution < 1.29 is 9.53 Å². The molecule has 0 amide bonds. The summed E-state index contributed by atoms with van der Waals surface area (Å²) in [5, 5.41) is 0. The van der Waals surface area contributed by atoms with Crippen molar-refractivity contribution in [2.24, 2.45) is 28.6 Å². The van der Waals surface area contributed by atoms with Crippen molar-refractivity contribution >= 4 is 29.2 Å². The maximum atomic E-state index is 11.8. The van der Waals surface area contributed by atoms with Gasteiger partial charge in [0.1, 0.15) is 4.33 Å². The molecule has 17 heavy (non-hydrogen) atoms. The van der Waals surface area contributed by atoms with E-state index in [4.69, 9.17) is 27.9 Å². The molecule has 0 aromatic rings. The molecule has 0 aliphatic heterocycles. The van der Waals surface area contributed by atoms with Crippen molar-refractivity contribution in [3.63, 3.8) is 0 Å². The van der Waals surface area contributed by atoms with Gasteiger partial charge in [0.25, 0.3) is 0 Å². The molecule has 3 aliphatic rings. The van der Waals surface area contributed by atoms with Gasteiger partial charge in [-0.15, -0.1) is 23.2 Å². The predicted octanol–water partition coefficient (Wildman–Crippen LogP) is 3.18. The van der Waals surface area contributed by atoms with Crippen LogP contribution in [0.25, 0.3) is 0 Å². The Labute approximate surface area is 111 Å². The lowest BCUT2D eigenvalue weighted by atomic mass is 9.83. The SMILES string of the molecule is COC(=O)[C@H]1C[C@H]2C=C[C@@H]1[C@]21C(C)(C)C1(Cl)Cl. The summed E-state index contributed by atoms with van der Waals surface area (Å²) in [4.78, 5) is 11.8. The van der Waals surface area contributed by atoms with Crippen LogP contribution in [0.15, 0.2) is 12.2 Å². The van der Waals surface area contributed by atoms with Crippen molar-refractivity contribution in [3.05, 3.63) is 12.2 Å². The van der Waals surface area contributed by atoms with Crippen LogP contribution in [0.5, 0.6) is 0 Å². The molecular formula is C13H16Cl2O2. The fraction of sp³-hybridized carbons (Fsp3) is 0.769. The lowest BCUT2D eigenvalue weighted by Crippen LogP contribution is -2.25. The third kappa shape index (κ3) is 0.965. The summed E-state index contributed by atoms with van der Waals surface area (Å²) in [6.45, 7) is 4.19. The molecule has 0 saturated heterocycles. The molecule has 0 unspecified atom stereocenters. The smallest absolute Gasteiger partial charge is 0.309 e. The summed E-state index contributed by atoms with van der Waals surface area (Å²) in [6.07, 6.45) is 5.11. The number of hydrogen-bond donors (Lipinski definition) is 0. The maximum absolute atomic E-state index is 11.8. The van der Waals surface area contributed by atoms with Gasteiger partial charge in [0, 0.05) is 10.8 Å². The molecule has 1 spiro atoms. The number of hydrogen-bond acceptors (Lipinski definition) is 2. The number of esters is 1. The van der Waals surface area contributed by atoms with E-state index in [1.54, 1.807) is 0 Å².